The SMILES string of the molecule is COc1ccc(N(Cc2cccnc2)c2cc(C)ccc2C)cc1OC1CCCC1. The van der Waals surface area contributed by atoms with Crippen molar-refractivity contribution in [1.82, 2.24) is 4.98 Å². The molecule has 0 radical (unpaired) electrons. The van der Waals surface area contributed by atoms with E-state index in [9.17, 15) is 0 Å². The number of rotatable bonds is 7. The molecule has 0 aliphatic heterocycles. The van der Waals surface area contributed by atoms with Crippen LogP contribution >= 0.6 is 0 Å². The summed E-state index contributed by atoms with van der Waals surface area (Å²) in [6.45, 7) is 5.02. The van der Waals surface area contributed by atoms with E-state index in [4.69, 9.17) is 9.47 Å². The largest absolute Gasteiger partial charge is 0.493 e. The van der Waals surface area contributed by atoms with Crippen molar-refractivity contribution in [2.24, 2.45) is 0 Å². The van der Waals surface area contributed by atoms with Crippen LogP contribution in [0.25, 0.3) is 0 Å². The maximum absolute atomic E-state index is 6.36. The van der Waals surface area contributed by atoms with Gasteiger partial charge < -0.3 is 14.4 Å². The molecule has 1 aliphatic carbocycles. The summed E-state index contributed by atoms with van der Waals surface area (Å²) < 4.78 is 12.0. The van der Waals surface area contributed by atoms with Crippen LogP contribution in [0.2, 0.25) is 0 Å². The molecule has 0 unspecified atom stereocenters. The molecule has 1 heterocycles. The van der Waals surface area contributed by atoms with Gasteiger partial charge in [-0.1, -0.05) is 18.2 Å². The zero-order valence-electron chi connectivity index (χ0n) is 18.1. The van der Waals surface area contributed by atoms with Gasteiger partial charge in [0.2, 0.25) is 0 Å². The third-order valence-electron chi connectivity index (χ3n) is 5.77. The summed E-state index contributed by atoms with van der Waals surface area (Å²) in [6, 6.07) is 16.9. The molecule has 156 valence electrons. The average Bonchev–Trinajstić information content (AvgIpc) is 3.28. The fourth-order valence-corrected chi connectivity index (χ4v) is 4.11. The predicted octanol–water partition coefficient (Wildman–Crippen LogP) is 6.37. The Kier molecular flexibility index (Phi) is 6.22. The Labute approximate surface area is 179 Å². The zero-order valence-corrected chi connectivity index (χ0v) is 18.1. The second-order valence-electron chi connectivity index (χ2n) is 8.10. The molecule has 0 N–H and O–H groups in total. The van der Waals surface area contributed by atoms with Crippen LogP contribution in [-0.4, -0.2) is 18.2 Å². The van der Waals surface area contributed by atoms with Crippen molar-refractivity contribution in [3.05, 3.63) is 77.6 Å². The summed E-state index contributed by atoms with van der Waals surface area (Å²) >= 11 is 0. The van der Waals surface area contributed by atoms with Crippen LogP contribution in [0.3, 0.4) is 0 Å². The van der Waals surface area contributed by atoms with E-state index < -0.39 is 0 Å². The number of hydrogen-bond donors (Lipinski definition) is 0. The molecule has 1 fully saturated rings. The summed E-state index contributed by atoms with van der Waals surface area (Å²) in [6.07, 6.45) is 8.73. The van der Waals surface area contributed by atoms with Crippen molar-refractivity contribution < 1.29 is 9.47 Å². The molecule has 1 aromatic heterocycles. The van der Waals surface area contributed by atoms with Gasteiger partial charge in [0.05, 0.1) is 13.2 Å². The van der Waals surface area contributed by atoms with Crippen LogP contribution in [0.4, 0.5) is 11.4 Å². The van der Waals surface area contributed by atoms with Gasteiger partial charge in [-0.25, -0.2) is 0 Å². The van der Waals surface area contributed by atoms with E-state index in [1.165, 1.54) is 29.7 Å². The summed E-state index contributed by atoms with van der Waals surface area (Å²) in [5.41, 5.74) is 5.91. The van der Waals surface area contributed by atoms with Gasteiger partial charge >= 0.3 is 0 Å². The number of pyridine rings is 1. The fraction of sp³-hybridized carbons (Fsp3) is 0.346. The van der Waals surface area contributed by atoms with E-state index in [1.807, 2.05) is 24.5 Å². The lowest BCUT2D eigenvalue weighted by Gasteiger charge is -2.28. The molecule has 4 heteroatoms. The van der Waals surface area contributed by atoms with Gasteiger partial charge in [0.25, 0.3) is 0 Å². The number of hydrogen-bond acceptors (Lipinski definition) is 4. The molecule has 0 atom stereocenters. The lowest BCUT2D eigenvalue weighted by Crippen LogP contribution is -2.18. The molecule has 2 aromatic carbocycles. The van der Waals surface area contributed by atoms with Gasteiger partial charge in [0.1, 0.15) is 0 Å². The van der Waals surface area contributed by atoms with Crippen molar-refractivity contribution >= 4 is 11.4 Å². The number of aromatic nitrogens is 1. The van der Waals surface area contributed by atoms with Crippen LogP contribution in [0.15, 0.2) is 60.9 Å². The van der Waals surface area contributed by atoms with Crippen molar-refractivity contribution in [1.29, 1.82) is 0 Å². The molecule has 0 saturated heterocycles. The topological polar surface area (TPSA) is 34.6 Å². The smallest absolute Gasteiger partial charge is 0.163 e. The molecule has 3 aromatic rings. The Morgan fingerprint density at radius 1 is 1.00 bits per heavy atom. The maximum Gasteiger partial charge on any atom is 0.163 e. The minimum absolute atomic E-state index is 0.279. The number of methoxy groups -OCH3 is 1. The highest BCUT2D eigenvalue weighted by atomic mass is 16.5. The summed E-state index contributed by atoms with van der Waals surface area (Å²) in [5, 5.41) is 0. The first-order valence-electron chi connectivity index (χ1n) is 10.7. The molecule has 0 bridgehead atoms. The van der Waals surface area contributed by atoms with Gasteiger partial charge in [-0.3, -0.25) is 4.98 Å². The third-order valence-corrected chi connectivity index (χ3v) is 5.77. The van der Waals surface area contributed by atoms with Crippen LogP contribution in [-0.2, 0) is 6.54 Å². The van der Waals surface area contributed by atoms with E-state index in [2.05, 4.69) is 60.1 Å². The van der Waals surface area contributed by atoms with Crippen LogP contribution in [0, 0.1) is 13.8 Å². The van der Waals surface area contributed by atoms with Crippen LogP contribution in [0.1, 0.15) is 42.4 Å². The fourth-order valence-electron chi connectivity index (χ4n) is 4.11. The predicted molar refractivity (Wildman–Crippen MR) is 122 cm³/mol. The second kappa shape index (κ2) is 9.21. The molecule has 4 nitrogen and oxygen atoms in total. The Bertz CT molecular complexity index is 982. The number of nitrogens with zero attached hydrogens (tertiary/aromatic N) is 2. The minimum Gasteiger partial charge on any atom is -0.493 e. The van der Waals surface area contributed by atoms with Gasteiger partial charge in [-0.2, -0.15) is 0 Å². The van der Waals surface area contributed by atoms with Crippen LogP contribution < -0.4 is 14.4 Å². The highest BCUT2D eigenvalue weighted by Crippen LogP contribution is 2.38. The van der Waals surface area contributed by atoms with Crippen molar-refractivity contribution in [2.45, 2.75) is 52.2 Å². The van der Waals surface area contributed by atoms with Crippen molar-refractivity contribution in [3.8, 4) is 11.5 Å². The number of anilines is 2. The first-order chi connectivity index (χ1) is 14.6. The molecule has 1 saturated carbocycles. The third kappa shape index (κ3) is 4.59. The quantitative estimate of drug-likeness (QED) is 0.460. The molecule has 1 aliphatic rings. The van der Waals surface area contributed by atoms with Gasteiger partial charge in [0.15, 0.2) is 11.5 Å². The number of benzene rings is 2. The summed E-state index contributed by atoms with van der Waals surface area (Å²) in [7, 11) is 1.70. The summed E-state index contributed by atoms with van der Waals surface area (Å²) in [4.78, 5) is 6.64. The van der Waals surface area contributed by atoms with E-state index >= 15 is 0 Å². The number of aryl methyl sites for hydroxylation is 2. The molecule has 0 spiro atoms. The Morgan fingerprint density at radius 2 is 1.83 bits per heavy atom. The first kappa shape index (κ1) is 20.3. The second-order valence-corrected chi connectivity index (χ2v) is 8.10. The van der Waals surface area contributed by atoms with Gasteiger partial charge in [0, 0.05) is 36.4 Å². The van der Waals surface area contributed by atoms with Gasteiger partial charge in [-0.05, 0) is 80.5 Å². The maximum atomic E-state index is 6.36. The van der Waals surface area contributed by atoms with Crippen LogP contribution in [0.5, 0.6) is 11.5 Å². The zero-order chi connectivity index (χ0) is 20.9. The van der Waals surface area contributed by atoms with Gasteiger partial charge in [-0.15, -0.1) is 0 Å². The first-order valence-corrected chi connectivity index (χ1v) is 10.7. The average molecular weight is 403 g/mol. The Morgan fingerprint density at radius 3 is 2.57 bits per heavy atom. The standard InChI is InChI=1S/C26H30N2O2/c1-19-10-11-20(2)24(15-19)28(18-21-7-6-14-27-17-21)22-12-13-25(29-3)26(16-22)30-23-8-4-5-9-23/h6-7,10-17,23H,4-5,8-9,18H2,1-3H3. The van der Waals surface area contributed by atoms with E-state index in [0.29, 0.717) is 0 Å². The summed E-state index contributed by atoms with van der Waals surface area (Å²) in [5.74, 6) is 1.61. The molecule has 4 rings (SSSR count). The molecule has 30 heavy (non-hydrogen) atoms. The van der Waals surface area contributed by atoms with E-state index in [0.717, 1.165) is 42.1 Å². The highest BCUT2D eigenvalue weighted by Gasteiger charge is 2.20. The lowest BCUT2D eigenvalue weighted by atomic mass is 10.1. The molecule has 0 amide bonds. The minimum atomic E-state index is 0.279. The Balaban J connectivity index is 1.75. The molecular formula is C26H30N2O2. The monoisotopic (exact) mass is 402 g/mol. The molecular weight excluding hydrogens is 372 g/mol. The highest BCUT2D eigenvalue weighted by molar-refractivity contribution is 5.69. The van der Waals surface area contributed by atoms with E-state index in [-0.39, 0.29) is 6.10 Å². The Hall–Kier alpha value is -3.01. The lowest BCUT2D eigenvalue weighted by molar-refractivity contribution is 0.201. The number of ether oxygens (including phenoxy) is 2. The van der Waals surface area contributed by atoms with E-state index in [1.54, 1.807) is 7.11 Å². The van der Waals surface area contributed by atoms with Crippen molar-refractivity contribution in [3.63, 3.8) is 0 Å². The normalized spacial score (nSPS) is 14.0. The van der Waals surface area contributed by atoms with Crippen molar-refractivity contribution in [2.75, 3.05) is 12.0 Å².